The molecule has 0 aliphatic carbocycles. The van der Waals surface area contributed by atoms with Crippen molar-refractivity contribution in [1.29, 1.82) is 0 Å². The molecule has 0 saturated carbocycles. The zero-order chi connectivity index (χ0) is 15.0. The Morgan fingerprint density at radius 1 is 1.43 bits per heavy atom. The van der Waals surface area contributed by atoms with Crippen LogP contribution in [0.2, 0.25) is 0 Å². The monoisotopic (exact) mass is 368 g/mol. The molecular weight excluding hydrogens is 348 g/mol. The lowest BCUT2D eigenvalue weighted by Crippen LogP contribution is -2.44. The largest absolute Gasteiger partial charge is 0.493 e. The summed E-state index contributed by atoms with van der Waals surface area (Å²) in [5.74, 6) is 1.10. The second kappa shape index (κ2) is 5.86. The molecule has 3 nitrogen and oxygen atoms in total. The van der Waals surface area contributed by atoms with E-state index >= 15 is 0 Å². The molecule has 0 bridgehead atoms. The summed E-state index contributed by atoms with van der Waals surface area (Å²) in [4.78, 5) is 3.14. The summed E-state index contributed by atoms with van der Waals surface area (Å²) in [6, 6.07) is 4.36. The van der Waals surface area contributed by atoms with Gasteiger partial charge in [-0.05, 0) is 43.6 Å². The summed E-state index contributed by atoms with van der Waals surface area (Å²) in [5, 5.41) is 0. The lowest BCUT2D eigenvalue weighted by molar-refractivity contribution is 0.156. The van der Waals surface area contributed by atoms with E-state index < -0.39 is 0 Å². The van der Waals surface area contributed by atoms with Crippen LogP contribution in [0.3, 0.4) is 0 Å². The number of rotatable bonds is 3. The molecule has 1 fully saturated rings. The van der Waals surface area contributed by atoms with Gasteiger partial charge in [0.1, 0.15) is 5.75 Å². The van der Waals surface area contributed by atoms with Crippen molar-refractivity contribution in [2.24, 2.45) is 11.1 Å². The zero-order valence-corrected chi connectivity index (χ0v) is 14.7. The van der Waals surface area contributed by atoms with Crippen molar-refractivity contribution in [2.75, 3.05) is 19.7 Å². The summed E-state index contributed by atoms with van der Waals surface area (Å²) >= 11 is 8.82. The number of halogens is 1. The highest BCUT2D eigenvalue weighted by molar-refractivity contribution is 9.10. The number of piperidine rings is 1. The van der Waals surface area contributed by atoms with Crippen LogP contribution in [0.15, 0.2) is 16.6 Å². The maximum absolute atomic E-state index is 5.88. The Balaban J connectivity index is 1.71. The molecule has 2 aliphatic heterocycles. The minimum atomic E-state index is 0.0293. The molecule has 5 heteroatoms. The fourth-order valence-electron chi connectivity index (χ4n) is 3.16. The van der Waals surface area contributed by atoms with E-state index in [9.17, 15) is 0 Å². The average molecular weight is 369 g/mol. The minimum Gasteiger partial charge on any atom is -0.493 e. The first kappa shape index (κ1) is 15.3. The van der Waals surface area contributed by atoms with Gasteiger partial charge >= 0.3 is 0 Å². The quantitative estimate of drug-likeness (QED) is 0.830. The Bertz CT molecular complexity index is 568. The predicted molar refractivity (Wildman–Crippen MR) is 92.7 cm³/mol. The van der Waals surface area contributed by atoms with Gasteiger partial charge < -0.3 is 10.5 Å². The van der Waals surface area contributed by atoms with Crippen LogP contribution in [-0.4, -0.2) is 29.6 Å². The van der Waals surface area contributed by atoms with Gasteiger partial charge in [0.25, 0.3) is 0 Å². The van der Waals surface area contributed by atoms with Crippen LogP contribution in [0.25, 0.3) is 0 Å². The van der Waals surface area contributed by atoms with Gasteiger partial charge in [0.05, 0.1) is 11.6 Å². The molecule has 2 aliphatic rings. The van der Waals surface area contributed by atoms with Gasteiger partial charge in [-0.3, -0.25) is 4.90 Å². The molecule has 3 rings (SSSR count). The molecule has 0 spiro atoms. The number of nitrogens with two attached hydrogens (primary N) is 1. The van der Waals surface area contributed by atoms with Crippen molar-refractivity contribution >= 4 is 33.1 Å². The highest BCUT2D eigenvalue weighted by Crippen LogP contribution is 2.36. The normalized spacial score (nSPS) is 20.9. The Morgan fingerprint density at radius 3 is 2.81 bits per heavy atom. The Morgan fingerprint density at radius 2 is 2.14 bits per heavy atom. The number of likely N-dealkylation sites (tertiary alicyclic amines) is 1. The molecule has 0 radical (unpaired) electrons. The summed E-state index contributed by atoms with van der Waals surface area (Å²) < 4.78 is 6.96. The zero-order valence-electron chi connectivity index (χ0n) is 12.3. The fraction of sp³-hybridized carbons (Fsp3) is 0.562. The Kier molecular flexibility index (Phi) is 4.26. The van der Waals surface area contributed by atoms with Crippen LogP contribution in [0, 0.1) is 5.41 Å². The smallest absolute Gasteiger partial charge is 0.127 e. The molecule has 114 valence electrons. The third kappa shape index (κ3) is 3.10. The molecule has 1 saturated heterocycles. The van der Waals surface area contributed by atoms with E-state index in [0.717, 1.165) is 55.7 Å². The summed E-state index contributed by atoms with van der Waals surface area (Å²) in [6.07, 6.45) is 3.10. The number of fused-ring (bicyclic) bond motifs is 1. The van der Waals surface area contributed by atoms with Crippen molar-refractivity contribution in [2.45, 2.75) is 32.7 Å². The first-order chi connectivity index (χ1) is 9.98. The average Bonchev–Trinajstić information content (AvgIpc) is 2.89. The molecule has 0 amide bonds. The van der Waals surface area contributed by atoms with Crippen LogP contribution in [0.4, 0.5) is 0 Å². The third-order valence-electron chi connectivity index (χ3n) is 4.77. The predicted octanol–water partition coefficient (Wildman–Crippen LogP) is 3.27. The second-order valence-electron chi connectivity index (χ2n) is 6.35. The van der Waals surface area contributed by atoms with Gasteiger partial charge in [0.2, 0.25) is 0 Å². The maximum atomic E-state index is 5.88. The first-order valence-electron chi connectivity index (χ1n) is 7.44. The molecule has 2 heterocycles. The van der Waals surface area contributed by atoms with Crippen LogP contribution < -0.4 is 10.5 Å². The lowest BCUT2D eigenvalue weighted by atomic mass is 9.80. The van der Waals surface area contributed by atoms with Crippen LogP contribution in [0.1, 0.15) is 30.9 Å². The van der Waals surface area contributed by atoms with Gasteiger partial charge in [-0.25, -0.2) is 0 Å². The summed E-state index contributed by atoms with van der Waals surface area (Å²) in [7, 11) is 0. The number of benzene rings is 1. The van der Waals surface area contributed by atoms with Crippen molar-refractivity contribution in [3.05, 3.63) is 27.7 Å². The topological polar surface area (TPSA) is 38.5 Å². The van der Waals surface area contributed by atoms with Gasteiger partial charge in [0.15, 0.2) is 0 Å². The highest BCUT2D eigenvalue weighted by Gasteiger charge is 2.33. The van der Waals surface area contributed by atoms with Crippen LogP contribution in [0.5, 0.6) is 5.75 Å². The summed E-state index contributed by atoms with van der Waals surface area (Å²) in [5.41, 5.74) is 8.52. The Labute approximate surface area is 140 Å². The Hall–Kier alpha value is -0.650. The molecular formula is C16H21BrN2OS. The third-order valence-corrected chi connectivity index (χ3v) is 5.72. The SMILES string of the molecule is CC1(C(N)=S)CCN(Cc2cc(Br)cc3c2OCC3)CC1. The van der Waals surface area contributed by atoms with Crippen LogP contribution >= 0.6 is 28.1 Å². The van der Waals surface area contributed by atoms with Crippen molar-refractivity contribution < 1.29 is 4.74 Å². The van der Waals surface area contributed by atoms with E-state index in [4.69, 9.17) is 22.7 Å². The second-order valence-corrected chi connectivity index (χ2v) is 7.71. The number of thiocarbonyl (C=S) groups is 1. The highest BCUT2D eigenvalue weighted by atomic mass is 79.9. The molecule has 0 unspecified atom stereocenters. The van der Waals surface area contributed by atoms with Gasteiger partial charge in [-0.2, -0.15) is 0 Å². The van der Waals surface area contributed by atoms with Gasteiger partial charge in [-0.15, -0.1) is 0 Å². The molecule has 1 aromatic rings. The van der Waals surface area contributed by atoms with E-state index in [1.54, 1.807) is 0 Å². The number of nitrogens with zero attached hydrogens (tertiary/aromatic N) is 1. The lowest BCUT2D eigenvalue weighted by Gasteiger charge is -2.38. The van der Waals surface area contributed by atoms with Crippen molar-refractivity contribution in [3.8, 4) is 5.75 Å². The van der Waals surface area contributed by atoms with E-state index in [-0.39, 0.29) is 5.41 Å². The number of hydrogen-bond acceptors (Lipinski definition) is 3. The van der Waals surface area contributed by atoms with E-state index in [1.165, 1.54) is 11.1 Å². The van der Waals surface area contributed by atoms with Crippen LogP contribution in [-0.2, 0) is 13.0 Å². The maximum Gasteiger partial charge on any atom is 0.127 e. The number of ether oxygens (including phenoxy) is 1. The number of hydrogen-bond donors (Lipinski definition) is 1. The van der Waals surface area contributed by atoms with E-state index in [1.807, 2.05) is 0 Å². The minimum absolute atomic E-state index is 0.0293. The van der Waals surface area contributed by atoms with Crippen molar-refractivity contribution in [3.63, 3.8) is 0 Å². The molecule has 21 heavy (non-hydrogen) atoms. The molecule has 1 aromatic carbocycles. The molecule has 2 N–H and O–H groups in total. The fourth-order valence-corrected chi connectivity index (χ4v) is 3.91. The molecule has 0 atom stereocenters. The van der Waals surface area contributed by atoms with E-state index in [0.29, 0.717) is 4.99 Å². The van der Waals surface area contributed by atoms with Gasteiger partial charge in [-0.1, -0.05) is 35.1 Å². The standard InChI is InChI=1S/C16H21BrN2OS/c1-16(15(18)21)3-5-19(6-4-16)10-12-9-13(17)8-11-2-7-20-14(11)12/h8-9H,2-7,10H2,1H3,(H2,18,21). The van der Waals surface area contributed by atoms with Crippen molar-refractivity contribution in [1.82, 2.24) is 4.90 Å². The first-order valence-corrected chi connectivity index (χ1v) is 8.64. The molecule has 0 aromatic heterocycles. The van der Waals surface area contributed by atoms with E-state index in [2.05, 4.69) is 39.9 Å². The summed E-state index contributed by atoms with van der Waals surface area (Å²) in [6.45, 7) is 6.00. The van der Waals surface area contributed by atoms with Gasteiger partial charge in [0, 0.05) is 28.4 Å².